The van der Waals surface area contributed by atoms with Crippen molar-refractivity contribution < 1.29 is 31.9 Å². The van der Waals surface area contributed by atoms with Crippen LogP contribution in [0.3, 0.4) is 0 Å². The van der Waals surface area contributed by atoms with Crippen LogP contribution in [0.15, 0.2) is 33.5 Å². The van der Waals surface area contributed by atoms with E-state index in [9.17, 15) is 18.0 Å². The Hall–Kier alpha value is -2.38. The zero-order chi connectivity index (χ0) is 15.6. The van der Waals surface area contributed by atoms with Crippen molar-refractivity contribution in [3.63, 3.8) is 0 Å². The fourth-order valence-electron chi connectivity index (χ4n) is 1.92. The highest BCUT2D eigenvalue weighted by Crippen LogP contribution is 2.34. The molecule has 0 unspecified atom stereocenters. The molecule has 2 aromatic rings. The Bertz CT molecular complexity index is 616. The van der Waals surface area contributed by atoms with E-state index in [4.69, 9.17) is 9.52 Å². The molecule has 0 aliphatic rings. The molecule has 0 aliphatic carbocycles. The van der Waals surface area contributed by atoms with Crippen LogP contribution in [0.25, 0.3) is 0 Å². The Kier molecular flexibility index (Phi) is 3.97. The second-order valence-corrected chi connectivity index (χ2v) is 4.48. The minimum atomic E-state index is -4.66. The molecule has 0 atom stereocenters. The molecule has 0 aliphatic heterocycles. The van der Waals surface area contributed by atoms with Gasteiger partial charge in [-0.05, 0) is 19.1 Å². The number of furan rings is 2. The van der Waals surface area contributed by atoms with Crippen molar-refractivity contribution in [1.29, 1.82) is 0 Å². The number of alkyl halides is 3. The molecule has 5 nitrogen and oxygen atoms in total. The van der Waals surface area contributed by atoms with Crippen molar-refractivity contribution in [2.75, 3.05) is 0 Å². The number of nitrogens with zero attached hydrogens (tertiary/aromatic N) is 1. The Morgan fingerprint density at radius 3 is 2.62 bits per heavy atom. The van der Waals surface area contributed by atoms with E-state index >= 15 is 0 Å². The minimum absolute atomic E-state index is 0.0750. The van der Waals surface area contributed by atoms with Gasteiger partial charge in [0.1, 0.15) is 5.76 Å². The van der Waals surface area contributed by atoms with Gasteiger partial charge in [0.25, 0.3) is 0 Å². The molecule has 2 heterocycles. The van der Waals surface area contributed by atoms with Crippen LogP contribution in [-0.4, -0.2) is 16.1 Å². The Morgan fingerprint density at radius 1 is 1.38 bits per heavy atom. The summed E-state index contributed by atoms with van der Waals surface area (Å²) in [6.45, 7) is 0.875. The summed E-state index contributed by atoms with van der Waals surface area (Å²) < 4.78 is 47.9. The number of amides is 1. The van der Waals surface area contributed by atoms with E-state index in [1.54, 1.807) is 6.07 Å². The standard InChI is InChI=1S/C13H12F3NO4/c1-8-4-10(11(21-8)13(14,15)16)6-17(12(18)19)5-9-2-3-20-7-9/h2-4,7H,5-6H2,1H3,(H,18,19). The number of hydrogen-bond donors (Lipinski definition) is 1. The lowest BCUT2D eigenvalue weighted by molar-refractivity contribution is -0.154. The highest BCUT2D eigenvalue weighted by Gasteiger charge is 2.38. The second kappa shape index (κ2) is 5.55. The van der Waals surface area contributed by atoms with Gasteiger partial charge in [0.2, 0.25) is 5.76 Å². The van der Waals surface area contributed by atoms with Crippen molar-refractivity contribution in [2.24, 2.45) is 0 Å². The lowest BCUT2D eigenvalue weighted by Crippen LogP contribution is -2.29. The molecule has 0 saturated heterocycles. The molecule has 1 amide bonds. The number of carboxylic acid groups (broad SMARTS) is 1. The second-order valence-electron chi connectivity index (χ2n) is 4.48. The van der Waals surface area contributed by atoms with E-state index in [2.05, 4.69) is 4.42 Å². The average Bonchev–Trinajstić information content (AvgIpc) is 2.97. The van der Waals surface area contributed by atoms with E-state index in [-0.39, 0.29) is 17.9 Å². The van der Waals surface area contributed by atoms with Gasteiger partial charge in [-0.1, -0.05) is 0 Å². The number of hydrogen-bond acceptors (Lipinski definition) is 3. The average molecular weight is 303 g/mol. The molecule has 2 rings (SSSR count). The van der Waals surface area contributed by atoms with E-state index < -0.39 is 24.6 Å². The van der Waals surface area contributed by atoms with Gasteiger partial charge in [-0.3, -0.25) is 4.90 Å². The Balaban J connectivity index is 2.23. The van der Waals surface area contributed by atoms with Crippen LogP contribution >= 0.6 is 0 Å². The summed E-state index contributed by atoms with van der Waals surface area (Å²) in [6.07, 6.45) is -3.30. The van der Waals surface area contributed by atoms with Crippen molar-refractivity contribution in [3.05, 3.63) is 47.3 Å². The Labute approximate surface area is 117 Å². The summed E-state index contributed by atoms with van der Waals surface area (Å²) in [4.78, 5) is 12.0. The van der Waals surface area contributed by atoms with Crippen LogP contribution in [0.4, 0.5) is 18.0 Å². The Morgan fingerprint density at radius 2 is 2.10 bits per heavy atom. The van der Waals surface area contributed by atoms with Crippen LogP contribution in [0.5, 0.6) is 0 Å². The summed E-state index contributed by atoms with van der Waals surface area (Å²) in [7, 11) is 0. The maximum atomic E-state index is 12.8. The molecule has 0 saturated carbocycles. The monoisotopic (exact) mass is 303 g/mol. The lowest BCUT2D eigenvalue weighted by Gasteiger charge is -2.18. The van der Waals surface area contributed by atoms with Crippen LogP contribution in [0, 0.1) is 6.92 Å². The summed E-state index contributed by atoms with van der Waals surface area (Å²) in [5.74, 6) is -1.09. The smallest absolute Gasteiger partial charge is 0.449 e. The van der Waals surface area contributed by atoms with Gasteiger partial charge in [0, 0.05) is 11.1 Å². The summed E-state index contributed by atoms with van der Waals surface area (Å²) >= 11 is 0. The van der Waals surface area contributed by atoms with Crippen molar-refractivity contribution in [3.8, 4) is 0 Å². The fourth-order valence-corrected chi connectivity index (χ4v) is 1.92. The number of aryl methyl sites for hydroxylation is 1. The molecule has 8 heteroatoms. The van der Waals surface area contributed by atoms with Crippen LogP contribution in [0.1, 0.15) is 22.6 Å². The quantitative estimate of drug-likeness (QED) is 0.930. The van der Waals surface area contributed by atoms with Crippen molar-refractivity contribution >= 4 is 6.09 Å². The zero-order valence-corrected chi connectivity index (χ0v) is 11.0. The molecular weight excluding hydrogens is 291 g/mol. The molecule has 0 aromatic carbocycles. The van der Waals surface area contributed by atoms with E-state index in [1.807, 2.05) is 0 Å². The van der Waals surface area contributed by atoms with Gasteiger partial charge in [-0.25, -0.2) is 4.79 Å². The van der Waals surface area contributed by atoms with E-state index in [0.29, 0.717) is 5.56 Å². The zero-order valence-electron chi connectivity index (χ0n) is 11.0. The van der Waals surface area contributed by atoms with Crippen molar-refractivity contribution in [2.45, 2.75) is 26.2 Å². The first-order valence-electron chi connectivity index (χ1n) is 5.93. The predicted octanol–water partition coefficient (Wildman–Crippen LogP) is 3.88. The van der Waals surface area contributed by atoms with Gasteiger partial charge in [0.15, 0.2) is 0 Å². The number of carbonyl (C=O) groups is 1. The molecule has 1 N–H and O–H groups in total. The molecule has 0 bridgehead atoms. The third-order valence-electron chi connectivity index (χ3n) is 2.77. The van der Waals surface area contributed by atoms with E-state index in [0.717, 1.165) is 4.90 Å². The van der Waals surface area contributed by atoms with Gasteiger partial charge in [0.05, 0.1) is 25.6 Å². The van der Waals surface area contributed by atoms with Gasteiger partial charge < -0.3 is 13.9 Å². The maximum Gasteiger partial charge on any atom is 0.449 e. The number of rotatable bonds is 4. The first-order chi connectivity index (χ1) is 9.77. The van der Waals surface area contributed by atoms with Crippen molar-refractivity contribution in [1.82, 2.24) is 4.90 Å². The summed E-state index contributed by atoms with van der Waals surface area (Å²) in [6, 6.07) is 2.73. The molecule has 114 valence electrons. The SMILES string of the molecule is Cc1cc(CN(Cc2ccoc2)C(=O)O)c(C(F)(F)F)o1. The largest absolute Gasteiger partial charge is 0.472 e. The van der Waals surface area contributed by atoms with E-state index in [1.165, 1.54) is 25.5 Å². The minimum Gasteiger partial charge on any atom is -0.472 e. The molecule has 2 aromatic heterocycles. The molecular formula is C13H12F3NO4. The van der Waals surface area contributed by atoms with Gasteiger partial charge in [-0.15, -0.1) is 0 Å². The first kappa shape index (κ1) is 15.0. The normalized spacial score (nSPS) is 11.6. The topological polar surface area (TPSA) is 66.8 Å². The number of halogens is 3. The lowest BCUT2D eigenvalue weighted by atomic mass is 10.2. The summed E-state index contributed by atoms with van der Waals surface area (Å²) in [5, 5.41) is 9.12. The first-order valence-corrected chi connectivity index (χ1v) is 5.93. The van der Waals surface area contributed by atoms with Gasteiger partial charge >= 0.3 is 12.3 Å². The van der Waals surface area contributed by atoms with Gasteiger partial charge in [-0.2, -0.15) is 13.2 Å². The predicted molar refractivity (Wildman–Crippen MR) is 64.4 cm³/mol. The third-order valence-corrected chi connectivity index (χ3v) is 2.77. The molecule has 0 radical (unpaired) electrons. The highest BCUT2D eigenvalue weighted by molar-refractivity contribution is 5.65. The molecule has 21 heavy (non-hydrogen) atoms. The van der Waals surface area contributed by atoms with Crippen LogP contribution in [0.2, 0.25) is 0 Å². The third kappa shape index (κ3) is 3.59. The van der Waals surface area contributed by atoms with Crippen LogP contribution < -0.4 is 0 Å². The molecule has 0 fully saturated rings. The van der Waals surface area contributed by atoms with Crippen LogP contribution in [-0.2, 0) is 19.3 Å². The fraction of sp³-hybridized carbons (Fsp3) is 0.308. The molecule has 0 spiro atoms. The maximum absolute atomic E-state index is 12.8. The highest BCUT2D eigenvalue weighted by atomic mass is 19.4. The summed E-state index contributed by atoms with van der Waals surface area (Å²) in [5.41, 5.74) is 0.331.